The van der Waals surface area contributed by atoms with E-state index in [4.69, 9.17) is 4.74 Å². The van der Waals surface area contributed by atoms with Crippen LogP contribution < -0.4 is 10.1 Å². The minimum atomic E-state index is 0.801. The zero-order chi connectivity index (χ0) is 14.3. The summed E-state index contributed by atoms with van der Waals surface area (Å²) in [5.41, 5.74) is 2.35. The summed E-state index contributed by atoms with van der Waals surface area (Å²) in [6, 6.07) is 28.1. The first-order valence-corrected chi connectivity index (χ1v) is 7.01. The number of para-hydroxylation sites is 2. The van der Waals surface area contributed by atoms with E-state index in [0.717, 1.165) is 23.7 Å². The highest BCUT2D eigenvalue weighted by Gasteiger charge is 1.98. The van der Waals surface area contributed by atoms with Crippen molar-refractivity contribution in [2.75, 3.05) is 5.32 Å². The summed E-state index contributed by atoms with van der Waals surface area (Å²) in [4.78, 5) is 0. The smallest absolute Gasteiger partial charge is 0.127 e. The van der Waals surface area contributed by atoms with Gasteiger partial charge in [-0.15, -0.1) is 0 Å². The molecule has 0 atom stereocenters. The van der Waals surface area contributed by atoms with Crippen LogP contribution >= 0.6 is 0 Å². The van der Waals surface area contributed by atoms with Crippen molar-refractivity contribution in [3.05, 3.63) is 90.5 Å². The third kappa shape index (κ3) is 3.86. The van der Waals surface area contributed by atoms with E-state index in [9.17, 15) is 0 Å². The van der Waals surface area contributed by atoms with Gasteiger partial charge in [0.25, 0.3) is 0 Å². The fourth-order valence-corrected chi connectivity index (χ4v) is 2.06. The second kappa shape index (κ2) is 6.62. The van der Waals surface area contributed by atoms with Gasteiger partial charge in [-0.3, -0.25) is 0 Å². The van der Waals surface area contributed by atoms with Gasteiger partial charge in [-0.1, -0.05) is 48.5 Å². The molecule has 0 aliphatic rings. The molecule has 3 aromatic rings. The average Bonchev–Trinajstić information content (AvgIpc) is 2.56. The highest BCUT2D eigenvalue weighted by molar-refractivity contribution is 5.43. The van der Waals surface area contributed by atoms with Gasteiger partial charge >= 0.3 is 0 Å². The maximum atomic E-state index is 5.78. The molecule has 0 aromatic heterocycles. The molecule has 0 saturated carbocycles. The molecular weight excluding hydrogens is 258 g/mol. The highest BCUT2D eigenvalue weighted by atomic mass is 16.5. The summed E-state index contributed by atoms with van der Waals surface area (Å²) in [6.45, 7) is 0.801. The Kier molecular flexibility index (Phi) is 4.18. The van der Waals surface area contributed by atoms with Gasteiger partial charge in [0.05, 0.1) is 0 Å². The van der Waals surface area contributed by atoms with Crippen molar-refractivity contribution in [3.63, 3.8) is 0 Å². The van der Waals surface area contributed by atoms with Gasteiger partial charge in [-0.05, 0) is 42.0 Å². The first kappa shape index (κ1) is 13.3. The number of benzene rings is 3. The lowest BCUT2D eigenvalue weighted by Gasteiger charge is -2.08. The van der Waals surface area contributed by atoms with Crippen LogP contribution in [0.2, 0.25) is 0 Å². The van der Waals surface area contributed by atoms with E-state index in [0.29, 0.717) is 0 Å². The third-order valence-corrected chi connectivity index (χ3v) is 3.17. The third-order valence-electron chi connectivity index (χ3n) is 3.17. The van der Waals surface area contributed by atoms with E-state index in [1.54, 1.807) is 0 Å². The summed E-state index contributed by atoms with van der Waals surface area (Å²) in [5, 5.41) is 3.39. The maximum Gasteiger partial charge on any atom is 0.127 e. The molecule has 0 aliphatic carbocycles. The number of rotatable bonds is 5. The molecule has 0 amide bonds. The Morgan fingerprint density at radius 1 is 0.619 bits per heavy atom. The van der Waals surface area contributed by atoms with Gasteiger partial charge in [0, 0.05) is 12.2 Å². The Bertz CT molecular complexity index is 663. The van der Waals surface area contributed by atoms with Gasteiger partial charge in [0.1, 0.15) is 11.5 Å². The average molecular weight is 275 g/mol. The number of hydrogen-bond acceptors (Lipinski definition) is 2. The molecule has 0 bridgehead atoms. The summed E-state index contributed by atoms with van der Waals surface area (Å²) >= 11 is 0. The lowest BCUT2D eigenvalue weighted by Crippen LogP contribution is -1.98. The lowest BCUT2D eigenvalue weighted by atomic mass is 10.2. The first-order chi connectivity index (χ1) is 10.4. The largest absolute Gasteiger partial charge is 0.457 e. The number of ether oxygens (including phenoxy) is 1. The van der Waals surface area contributed by atoms with Crippen LogP contribution in [0.3, 0.4) is 0 Å². The number of anilines is 1. The summed E-state index contributed by atoms with van der Waals surface area (Å²) < 4.78 is 5.78. The molecule has 0 radical (unpaired) electrons. The lowest BCUT2D eigenvalue weighted by molar-refractivity contribution is 0.482. The van der Waals surface area contributed by atoms with Crippen molar-refractivity contribution >= 4 is 5.69 Å². The molecule has 21 heavy (non-hydrogen) atoms. The molecular formula is C19H17NO. The molecule has 0 fully saturated rings. The summed E-state index contributed by atoms with van der Waals surface area (Å²) in [5.74, 6) is 1.71. The molecule has 1 N–H and O–H groups in total. The molecule has 3 rings (SSSR count). The van der Waals surface area contributed by atoms with E-state index in [-0.39, 0.29) is 0 Å². The normalized spacial score (nSPS) is 10.1. The van der Waals surface area contributed by atoms with Crippen LogP contribution in [0.15, 0.2) is 84.9 Å². The monoisotopic (exact) mass is 275 g/mol. The Labute approximate surface area is 125 Å². The minimum Gasteiger partial charge on any atom is -0.457 e. The molecule has 104 valence electrons. The van der Waals surface area contributed by atoms with E-state index < -0.39 is 0 Å². The zero-order valence-corrected chi connectivity index (χ0v) is 11.7. The molecule has 0 aliphatic heterocycles. The second-order valence-electron chi connectivity index (χ2n) is 4.78. The molecule has 0 unspecified atom stereocenters. The number of nitrogens with one attached hydrogen (secondary N) is 1. The van der Waals surface area contributed by atoms with E-state index in [1.165, 1.54) is 5.56 Å². The van der Waals surface area contributed by atoms with Gasteiger partial charge in [-0.2, -0.15) is 0 Å². The van der Waals surface area contributed by atoms with Crippen molar-refractivity contribution < 1.29 is 4.74 Å². The maximum absolute atomic E-state index is 5.78. The van der Waals surface area contributed by atoms with Crippen LogP contribution in [-0.2, 0) is 6.54 Å². The Morgan fingerprint density at radius 3 is 1.86 bits per heavy atom. The summed E-state index contributed by atoms with van der Waals surface area (Å²) in [7, 11) is 0. The predicted molar refractivity (Wildman–Crippen MR) is 86.7 cm³/mol. The Balaban J connectivity index is 1.59. The van der Waals surface area contributed by atoms with E-state index >= 15 is 0 Å². The van der Waals surface area contributed by atoms with Crippen molar-refractivity contribution in [3.8, 4) is 11.5 Å². The van der Waals surface area contributed by atoms with Crippen LogP contribution in [0.1, 0.15) is 5.56 Å². The molecule has 2 heteroatoms. The first-order valence-electron chi connectivity index (χ1n) is 7.01. The predicted octanol–water partition coefficient (Wildman–Crippen LogP) is 5.09. The zero-order valence-electron chi connectivity index (χ0n) is 11.7. The van der Waals surface area contributed by atoms with Crippen LogP contribution in [-0.4, -0.2) is 0 Å². The van der Waals surface area contributed by atoms with E-state index in [1.807, 2.05) is 60.7 Å². The SMILES string of the molecule is c1ccc(NCc2ccc(Oc3ccccc3)cc2)cc1. The molecule has 3 aromatic carbocycles. The van der Waals surface area contributed by atoms with Crippen molar-refractivity contribution in [2.45, 2.75) is 6.54 Å². The molecule has 0 spiro atoms. The van der Waals surface area contributed by atoms with Crippen LogP contribution in [0.5, 0.6) is 11.5 Å². The Hall–Kier alpha value is -2.74. The molecule has 0 heterocycles. The van der Waals surface area contributed by atoms with Gasteiger partial charge in [-0.25, -0.2) is 0 Å². The van der Waals surface area contributed by atoms with Crippen LogP contribution in [0.4, 0.5) is 5.69 Å². The van der Waals surface area contributed by atoms with Gasteiger partial charge < -0.3 is 10.1 Å². The molecule has 0 saturated heterocycles. The van der Waals surface area contributed by atoms with Crippen molar-refractivity contribution in [2.24, 2.45) is 0 Å². The van der Waals surface area contributed by atoms with Gasteiger partial charge in [0.2, 0.25) is 0 Å². The van der Waals surface area contributed by atoms with Gasteiger partial charge in [0.15, 0.2) is 0 Å². The second-order valence-corrected chi connectivity index (χ2v) is 4.78. The van der Waals surface area contributed by atoms with Crippen molar-refractivity contribution in [1.29, 1.82) is 0 Å². The van der Waals surface area contributed by atoms with Crippen LogP contribution in [0.25, 0.3) is 0 Å². The standard InChI is InChI=1S/C19H17NO/c1-3-7-17(8-4-1)20-15-16-11-13-19(14-12-16)21-18-9-5-2-6-10-18/h1-14,20H,15H2. The summed E-state index contributed by atoms with van der Waals surface area (Å²) in [6.07, 6.45) is 0. The minimum absolute atomic E-state index is 0.801. The highest BCUT2D eigenvalue weighted by Crippen LogP contribution is 2.21. The fraction of sp³-hybridized carbons (Fsp3) is 0.0526. The number of hydrogen-bond donors (Lipinski definition) is 1. The van der Waals surface area contributed by atoms with Crippen LogP contribution in [0, 0.1) is 0 Å². The fourth-order valence-electron chi connectivity index (χ4n) is 2.06. The quantitative estimate of drug-likeness (QED) is 0.700. The van der Waals surface area contributed by atoms with E-state index in [2.05, 4.69) is 29.6 Å². The molecule has 2 nitrogen and oxygen atoms in total. The van der Waals surface area contributed by atoms with Crippen molar-refractivity contribution in [1.82, 2.24) is 0 Å². The Morgan fingerprint density at radius 2 is 1.19 bits per heavy atom. The topological polar surface area (TPSA) is 21.3 Å².